The van der Waals surface area contributed by atoms with Crippen molar-refractivity contribution in [1.82, 2.24) is 4.90 Å². The molecule has 0 unspecified atom stereocenters. The summed E-state index contributed by atoms with van der Waals surface area (Å²) in [6.45, 7) is 3.03. The number of carbonyl (C=O) groups excluding carboxylic acids is 1. The van der Waals surface area contributed by atoms with Crippen LogP contribution in [-0.2, 0) is 4.79 Å². The first-order chi connectivity index (χ1) is 5.76. The van der Waals surface area contributed by atoms with Crippen LogP contribution in [-0.4, -0.2) is 23.9 Å². The molecule has 0 spiro atoms. The molecule has 2 heteroatoms. The molecule has 0 aromatic heterocycles. The molecule has 0 rings (SSSR count). The highest BCUT2D eigenvalue weighted by atomic mass is 16.2. The Bertz CT molecular complexity index is 219. The second-order valence-electron chi connectivity index (χ2n) is 2.40. The Balaban J connectivity index is 4.03. The van der Waals surface area contributed by atoms with Crippen molar-refractivity contribution in [2.24, 2.45) is 0 Å². The van der Waals surface area contributed by atoms with E-state index >= 15 is 0 Å². The first-order valence-electron chi connectivity index (χ1n) is 3.91. The van der Waals surface area contributed by atoms with E-state index in [1.807, 2.05) is 6.92 Å². The molecule has 0 aliphatic carbocycles. The van der Waals surface area contributed by atoms with Gasteiger partial charge in [-0.15, -0.1) is 12.8 Å². The predicted octanol–water partition coefficient (Wildman–Crippen LogP) is 0.882. The third kappa shape index (κ3) is 3.68. The number of nitrogens with zero attached hydrogens (tertiary/aromatic N) is 1. The molecule has 12 heavy (non-hydrogen) atoms. The number of hydrogen-bond acceptors (Lipinski definition) is 1. The first kappa shape index (κ1) is 10.6. The van der Waals surface area contributed by atoms with E-state index in [0.717, 1.165) is 6.42 Å². The van der Waals surface area contributed by atoms with E-state index in [0.29, 0.717) is 13.1 Å². The van der Waals surface area contributed by atoms with Crippen LogP contribution in [0.15, 0.2) is 0 Å². The molecule has 0 aliphatic rings. The molecule has 64 valence electrons. The molecule has 0 atom stereocenters. The average Bonchev–Trinajstić information content (AvgIpc) is 2.04. The number of rotatable bonds is 4. The van der Waals surface area contributed by atoms with E-state index in [4.69, 9.17) is 12.8 Å². The number of amides is 1. The summed E-state index contributed by atoms with van der Waals surface area (Å²) in [5.74, 6) is 4.68. The van der Waals surface area contributed by atoms with Crippen LogP contribution in [0.5, 0.6) is 0 Å². The maximum atomic E-state index is 11.2. The molecule has 0 bridgehead atoms. The highest BCUT2D eigenvalue weighted by Crippen LogP contribution is 1.94. The van der Waals surface area contributed by atoms with Crippen LogP contribution < -0.4 is 0 Å². The van der Waals surface area contributed by atoms with E-state index in [-0.39, 0.29) is 12.3 Å². The number of hydrogen-bond donors (Lipinski definition) is 0. The Hall–Kier alpha value is -1.41. The third-order valence-electron chi connectivity index (χ3n) is 1.38. The highest BCUT2D eigenvalue weighted by molar-refractivity contribution is 5.78. The van der Waals surface area contributed by atoms with Crippen LogP contribution in [0.3, 0.4) is 0 Å². The van der Waals surface area contributed by atoms with E-state index < -0.39 is 0 Å². The summed E-state index contributed by atoms with van der Waals surface area (Å²) < 4.78 is 0. The van der Waals surface area contributed by atoms with Gasteiger partial charge in [0.05, 0.1) is 13.0 Å². The van der Waals surface area contributed by atoms with Gasteiger partial charge in [0.1, 0.15) is 0 Å². The highest BCUT2D eigenvalue weighted by Gasteiger charge is 2.08. The van der Waals surface area contributed by atoms with Crippen LogP contribution >= 0.6 is 0 Å². The molecule has 2 nitrogen and oxygen atoms in total. The first-order valence-corrected chi connectivity index (χ1v) is 3.91. The molecular weight excluding hydrogens is 150 g/mol. The van der Waals surface area contributed by atoms with Gasteiger partial charge in [0.25, 0.3) is 0 Å². The zero-order chi connectivity index (χ0) is 9.40. The van der Waals surface area contributed by atoms with Gasteiger partial charge in [0, 0.05) is 6.54 Å². The van der Waals surface area contributed by atoms with Gasteiger partial charge in [-0.1, -0.05) is 18.8 Å². The van der Waals surface area contributed by atoms with Crippen molar-refractivity contribution in [2.75, 3.05) is 13.1 Å². The van der Waals surface area contributed by atoms with Gasteiger partial charge in [-0.3, -0.25) is 4.79 Å². The van der Waals surface area contributed by atoms with E-state index in [1.165, 1.54) is 0 Å². The molecule has 0 radical (unpaired) electrons. The molecule has 0 fully saturated rings. The second-order valence-corrected chi connectivity index (χ2v) is 2.40. The van der Waals surface area contributed by atoms with Gasteiger partial charge in [-0.25, -0.2) is 0 Å². The zero-order valence-corrected chi connectivity index (χ0v) is 7.34. The second kappa shape index (κ2) is 6.31. The Labute approximate surface area is 73.9 Å². The molecule has 0 aromatic carbocycles. The minimum atomic E-state index is -0.0581. The fourth-order valence-electron chi connectivity index (χ4n) is 0.871. The van der Waals surface area contributed by atoms with Gasteiger partial charge >= 0.3 is 0 Å². The monoisotopic (exact) mass is 163 g/mol. The van der Waals surface area contributed by atoms with E-state index in [2.05, 4.69) is 11.8 Å². The average molecular weight is 163 g/mol. The summed E-state index contributed by atoms with van der Waals surface area (Å²) in [6, 6.07) is 0. The van der Waals surface area contributed by atoms with Crippen molar-refractivity contribution < 1.29 is 4.79 Å². The van der Waals surface area contributed by atoms with Crippen molar-refractivity contribution in [3.63, 3.8) is 0 Å². The van der Waals surface area contributed by atoms with Gasteiger partial charge in [0.2, 0.25) is 5.91 Å². The Kier molecular flexibility index (Phi) is 5.57. The maximum Gasteiger partial charge on any atom is 0.235 e. The summed E-state index contributed by atoms with van der Waals surface area (Å²) in [5, 5.41) is 0. The van der Waals surface area contributed by atoms with Crippen molar-refractivity contribution >= 4 is 5.91 Å². The fourth-order valence-corrected chi connectivity index (χ4v) is 0.871. The quantitative estimate of drug-likeness (QED) is 0.563. The molecular formula is C10H13NO. The van der Waals surface area contributed by atoms with Crippen LogP contribution in [0.25, 0.3) is 0 Å². The van der Waals surface area contributed by atoms with E-state index in [9.17, 15) is 4.79 Å². The van der Waals surface area contributed by atoms with E-state index in [1.54, 1.807) is 4.90 Å². The summed E-state index contributed by atoms with van der Waals surface area (Å²) in [5.41, 5.74) is 0. The SMILES string of the molecule is C#CCC(=O)N(CC#C)CCC. The summed E-state index contributed by atoms with van der Waals surface area (Å²) in [4.78, 5) is 12.8. The summed E-state index contributed by atoms with van der Waals surface area (Å²) in [6.07, 6.45) is 11.1. The number of terminal acetylenes is 2. The molecule has 0 aliphatic heterocycles. The molecule has 0 aromatic rings. The minimum Gasteiger partial charge on any atom is -0.331 e. The van der Waals surface area contributed by atoms with Gasteiger partial charge in [-0.05, 0) is 6.42 Å². The Morgan fingerprint density at radius 3 is 2.50 bits per heavy atom. The zero-order valence-electron chi connectivity index (χ0n) is 7.34. The van der Waals surface area contributed by atoms with Crippen LogP contribution in [0, 0.1) is 24.7 Å². The molecule has 0 heterocycles. The van der Waals surface area contributed by atoms with Crippen molar-refractivity contribution in [2.45, 2.75) is 19.8 Å². The summed E-state index contributed by atoms with van der Waals surface area (Å²) >= 11 is 0. The van der Waals surface area contributed by atoms with Gasteiger partial charge < -0.3 is 4.90 Å². The van der Waals surface area contributed by atoms with Crippen LogP contribution in [0.4, 0.5) is 0 Å². The maximum absolute atomic E-state index is 11.2. The van der Waals surface area contributed by atoms with Gasteiger partial charge in [-0.2, -0.15) is 0 Å². The fraction of sp³-hybridized carbons (Fsp3) is 0.500. The minimum absolute atomic E-state index is 0.0581. The van der Waals surface area contributed by atoms with Crippen molar-refractivity contribution in [3.05, 3.63) is 0 Å². The van der Waals surface area contributed by atoms with Crippen molar-refractivity contribution in [1.29, 1.82) is 0 Å². The molecule has 1 amide bonds. The Morgan fingerprint density at radius 1 is 1.42 bits per heavy atom. The normalized spacial score (nSPS) is 8.25. The lowest BCUT2D eigenvalue weighted by Gasteiger charge is -2.17. The largest absolute Gasteiger partial charge is 0.331 e. The topological polar surface area (TPSA) is 20.3 Å². The van der Waals surface area contributed by atoms with Crippen molar-refractivity contribution in [3.8, 4) is 24.7 Å². The summed E-state index contributed by atoms with van der Waals surface area (Å²) in [7, 11) is 0. The van der Waals surface area contributed by atoms with Gasteiger partial charge in [0.15, 0.2) is 0 Å². The number of carbonyl (C=O) groups is 1. The predicted molar refractivity (Wildman–Crippen MR) is 49.2 cm³/mol. The lowest BCUT2D eigenvalue weighted by Crippen LogP contribution is -2.31. The third-order valence-corrected chi connectivity index (χ3v) is 1.38. The Morgan fingerprint density at radius 2 is 2.08 bits per heavy atom. The lowest BCUT2D eigenvalue weighted by atomic mass is 10.3. The van der Waals surface area contributed by atoms with Crippen LogP contribution in [0.1, 0.15) is 19.8 Å². The molecule has 0 N–H and O–H groups in total. The van der Waals surface area contributed by atoms with Crippen LogP contribution in [0.2, 0.25) is 0 Å². The molecule has 0 saturated heterocycles. The smallest absolute Gasteiger partial charge is 0.235 e. The molecule has 0 saturated carbocycles. The standard InChI is InChI=1S/C10H13NO/c1-4-7-10(12)11(8-5-2)9-6-3/h1-2H,6-9H2,3H3. The lowest BCUT2D eigenvalue weighted by molar-refractivity contribution is -0.129.